The maximum absolute atomic E-state index is 12.6. The van der Waals surface area contributed by atoms with Crippen LogP contribution in [0.5, 0.6) is 5.88 Å². The lowest BCUT2D eigenvalue weighted by atomic mass is 9.93. The minimum atomic E-state index is -3.26. The van der Waals surface area contributed by atoms with Gasteiger partial charge in [-0.2, -0.15) is 0 Å². The van der Waals surface area contributed by atoms with Gasteiger partial charge in [0.15, 0.2) is 9.84 Å². The molecule has 9 heteroatoms. The predicted molar refractivity (Wildman–Crippen MR) is 123 cm³/mol. The molecule has 184 valence electrons. The van der Waals surface area contributed by atoms with E-state index in [0.717, 1.165) is 51.4 Å². The molecule has 3 aliphatic rings. The van der Waals surface area contributed by atoms with E-state index >= 15 is 0 Å². The average molecular weight is 481 g/mol. The van der Waals surface area contributed by atoms with E-state index in [2.05, 4.69) is 4.98 Å². The van der Waals surface area contributed by atoms with Crippen molar-refractivity contribution in [1.29, 1.82) is 0 Å². The number of sulfone groups is 1. The monoisotopic (exact) mass is 480 g/mol. The summed E-state index contributed by atoms with van der Waals surface area (Å²) >= 11 is 0. The number of amides is 1. The highest BCUT2D eigenvalue weighted by Crippen LogP contribution is 2.39. The van der Waals surface area contributed by atoms with Crippen molar-refractivity contribution in [3.05, 3.63) is 18.3 Å². The zero-order valence-electron chi connectivity index (χ0n) is 20.0. The third-order valence-electron chi connectivity index (χ3n) is 6.73. The van der Waals surface area contributed by atoms with E-state index in [1.54, 1.807) is 6.07 Å². The summed E-state index contributed by atoms with van der Waals surface area (Å²) < 4.78 is 41.2. The zero-order valence-corrected chi connectivity index (χ0v) is 20.8. The van der Waals surface area contributed by atoms with Gasteiger partial charge in [0, 0.05) is 30.6 Å². The molecule has 2 saturated heterocycles. The van der Waals surface area contributed by atoms with Gasteiger partial charge in [-0.25, -0.2) is 18.2 Å². The third kappa shape index (κ3) is 6.18. The van der Waals surface area contributed by atoms with Crippen molar-refractivity contribution in [3.8, 4) is 5.88 Å². The van der Waals surface area contributed by atoms with Crippen molar-refractivity contribution >= 4 is 15.9 Å². The number of nitrogens with zero attached hydrogens (tertiary/aromatic N) is 2. The van der Waals surface area contributed by atoms with E-state index in [-0.39, 0.29) is 41.4 Å². The van der Waals surface area contributed by atoms with Crippen molar-refractivity contribution in [3.63, 3.8) is 0 Å². The molecule has 0 radical (unpaired) electrons. The van der Waals surface area contributed by atoms with Crippen LogP contribution in [0.25, 0.3) is 0 Å². The predicted octanol–water partition coefficient (Wildman–Crippen LogP) is 4.12. The first-order valence-corrected chi connectivity index (χ1v) is 13.9. The molecule has 3 heterocycles. The Morgan fingerprint density at radius 2 is 1.58 bits per heavy atom. The summed E-state index contributed by atoms with van der Waals surface area (Å²) in [6, 6.07) is 3.57. The number of piperidine rings is 1. The van der Waals surface area contributed by atoms with Crippen LogP contribution in [0.3, 0.4) is 0 Å². The number of ether oxygens (including phenoxy) is 3. The molecular formula is C24H36N2O6S. The van der Waals surface area contributed by atoms with E-state index in [9.17, 15) is 13.2 Å². The molecule has 33 heavy (non-hydrogen) atoms. The number of hydrogen-bond acceptors (Lipinski definition) is 7. The van der Waals surface area contributed by atoms with Crippen molar-refractivity contribution < 1.29 is 27.4 Å². The lowest BCUT2D eigenvalue weighted by Crippen LogP contribution is -2.50. The second-order valence-corrected chi connectivity index (χ2v) is 12.6. The Labute approximate surface area is 196 Å². The highest BCUT2D eigenvalue weighted by Gasteiger charge is 2.45. The molecule has 0 spiro atoms. The molecule has 3 fully saturated rings. The average Bonchev–Trinajstić information content (AvgIpc) is 2.99. The van der Waals surface area contributed by atoms with Crippen LogP contribution in [0.1, 0.15) is 72.1 Å². The maximum atomic E-state index is 12.6. The highest BCUT2D eigenvalue weighted by atomic mass is 32.2. The summed E-state index contributed by atoms with van der Waals surface area (Å²) in [5.74, 6) is 0.456. The van der Waals surface area contributed by atoms with Gasteiger partial charge in [-0.3, -0.25) is 0 Å². The molecule has 0 unspecified atom stereocenters. The van der Waals surface area contributed by atoms with Crippen LogP contribution in [-0.4, -0.2) is 66.6 Å². The molecule has 4 rings (SSSR count). The Morgan fingerprint density at radius 1 is 0.970 bits per heavy atom. The highest BCUT2D eigenvalue weighted by molar-refractivity contribution is 7.90. The van der Waals surface area contributed by atoms with Crippen LogP contribution in [0.4, 0.5) is 4.79 Å². The summed E-state index contributed by atoms with van der Waals surface area (Å²) in [4.78, 5) is 18.9. The number of pyridine rings is 1. The number of aromatic nitrogens is 1. The Kier molecular flexibility index (Phi) is 6.92. The fourth-order valence-electron chi connectivity index (χ4n) is 5.24. The third-order valence-corrected chi connectivity index (χ3v) is 7.82. The first-order valence-electron chi connectivity index (χ1n) is 12.0. The largest absolute Gasteiger partial charge is 0.474 e. The molecule has 2 bridgehead atoms. The summed E-state index contributed by atoms with van der Waals surface area (Å²) in [5, 5.41) is 0. The van der Waals surface area contributed by atoms with Crippen molar-refractivity contribution in [1.82, 2.24) is 9.88 Å². The van der Waals surface area contributed by atoms with Crippen LogP contribution in [0.2, 0.25) is 0 Å². The zero-order chi connectivity index (χ0) is 23.8. The van der Waals surface area contributed by atoms with Crippen LogP contribution < -0.4 is 4.74 Å². The summed E-state index contributed by atoms with van der Waals surface area (Å²) in [5.41, 5.74) is -0.476. The van der Waals surface area contributed by atoms with Crippen LogP contribution in [-0.2, 0) is 19.3 Å². The second-order valence-electron chi connectivity index (χ2n) is 10.6. The molecule has 2 aliphatic heterocycles. The topological polar surface area (TPSA) is 95.0 Å². The van der Waals surface area contributed by atoms with Gasteiger partial charge >= 0.3 is 6.09 Å². The van der Waals surface area contributed by atoms with Crippen molar-refractivity contribution in [2.24, 2.45) is 0 Å². The molecule has 1 aliphatic carbocycles. The van der Waals surface area contributed by atoms with Gasteiger partial charge in [-0.1, -0.05) is 0 Å². The minimum absolute atomic E-state index is 0.0617. The van der Waals surface area contributed by atoms with Crippen molar-refractivity contribution in [2.75, 3.05) is 6.26 Å². The Bertz CT molecular complexity index is 921. The van der Waals surface area contributed by atoms with E-state index in [1.807, 2.05) is 25.7 Å². The molecule has 3 atom stereocenters. The van der Waals surface area contributed by atoms with Gasteiger partial charge in [0.1, 0.15) is 11.7 Å². The Balaban J connectivity index is 1.23. The number of fused-ring (bicyclic) bond motifs is 2. The molecule has 0 aromatic carbocycles. The smallest absolute Gasteiger partial charge is 0.410 e. The van der Waals surface area contributed by atoms with E-state index in [4.69, 9.17) is 14.2 Å². The summed E-state index contributed by atoms with van der Waals surface area (Å²) in [6.45, 7) is 5.72. The first kappa shape index (κ1) is 24.3. The van der Waals surface area contributed by atoms with Gasteiger partial charge in [0.05, 0.1) is 17.1 Å². The Morgan fingerprint density at radius 3 is 2.09 bits per heavy atom. The lowest BCUT2D eigenvalue weighted by Gasteiger charge is -2.41. The van der Waals surface area contributed by atoms with Gasteiger partial charge in [-0.15, -0.1) is 0 Å². The minimum Gasteiger partial charge on any atom is -0.474 e. The van der Waals surface area contributed by atoms with E-state index in [1.165, 1.54) is 18.5 Å². The number of hydrogen-bond donors (Lipinski definition) is 0. The van der Waals surface area contributed by atoms with Crippen LogP contribution in [0.15, 0.2) is 23.2 Å². The summed E-state index contributed by atoms with van der Waals surface area (Å²) in [7, 11) is -3.26. The molecule has 0 N–H and O–H groups in total. The van der Waals surface area contributed by atoms with Gasteiger partial charge in [-0.05, 0) is 78.2 Å². The van der Waals surface area contributed by atoms with Crippen LogP contribution >= 0.6 is 0 Å². The summed E-state index contributed by atoms with van der Waals surface area (Å²) in [6.07, 6.45) is 10.2. The first-order chi connectivity index (χ1) is 15.5. The van der Waals surface area contributed by atoms with Gasteiger partial charge in [0.25, 0.3) is 0 Å². The molecule has 8 nitrogen and oxygen atoms in total. The van der Waals surface area contributed by atoms with E-state index in [0.29, 0.717) is 5.88 Å². The van der Waals surface area contributed by atoms with Crippen molar-refractivity contribution in [2.45, 2.75) is 113 Å². The molecular weight excluding hydrogens is 444 g/mol. The number of carbonyl (C=O) groups excluding carboxylic acids is 1. The van der Waals surface area contributed by atoms with Gasteiger partial charge in [0.2, 0.25) is 5.88 Å². The molecule has 1 saturated carbocycles. The molecule has 1 aromatic heterocycles. The quantitative estimate of drug-likeness (QED) is 0.625. The SMILES string of the molecule is CC(C)(C)OC(=O)N1[C@@H]2CC[C@H]1C[C@H](O[C@H]1CC[C@H](Oc3ccc(S(C)(=O)=O)cn3)CC1)C2. The standard InChI is InChI=1S/C24H36N2O6S/c1-24(2,3)32-23(27)26-16-5-6-17(26)14-20(13-16)30-18-7-9-19(10-8-18)31-22-12-11-21(15-25-22)33(4,28)29/h11-12,15-20H,5-10,13-14H2,1-4H3/t16-,17+,18-,19-,20-. The molecule has 1 aromatic rings. The second kappa shape index (κ2) is 9.41. The number of carbonyl (C=O) groups is 1. The fourth-order valence-corrected chi connectivity index (χ4v) is 5.80. The maximum Gasteiger partial charge on any atom is 0.410 e. The number of rotatable bonds is 5. The van der Waals surface area contributed by atoms with Crippen LogP contribution in [0, 0.1) is 0 Å². The van der Waals surface area contributed by atoms with E-state index < -0.39 is 15.4 Å². The van der Waals surface area contributed by atoms with Gasteiger partial charge < -0.3 is 19.1 Å². The Hall–Kier alpha value is -1.87. The lowest BCUT2D eigenvalue weighted by molar-refractivity contribution is -0.0814. The molecule has 1 amide bonds. The fraction of sp³-hybridized carbons (Fsp3) is 0.750. The normalized spacial score (nSPS) is 30.2.